The Morgan fingerprint density at radius 3 is 1.93 bits per heavy atom. The lowest BCUT2D eigenvalue weighted by Crippen LogP contribution is -2.24. The molecular weight excluding hydrogens is 370 g/mol. The second-order valence-corrected chi connectivity index (χ2v) is 9.01. The van der Waals surface area contributed by atoms with Gasteiger partial charge in [-0.2, -0.15) is 0 Å². The average Bonchev–Trinajstić information content (AvgIpc) is 3.06. The first-order chi connectivity index (χ1) is 14.3. The van der Waals surface area contributed by atoms with Gasteiger partial charge in [-0.1, -0.05) is 69.3 Å². The molecule has 0 radical (unpaired) electrons. The summed E-state index contributed by atoms with van der Waals surface area (Å²) in [7, 11) is 0. The predicted octanol–water partition coefficient (Wildman–Crippen LogP) is 6.57. The van der Waals surface area contributed by atoms with Crippen LogP contribution < -0.4 is 0 Å². The summed E-state index contributed by atoms with van der Waals surface area (Å²) in [4.78, 5) is 0. The zero-order valence-electron chi connectivity index (χ0n) is 17.8. The fourth-order valence-corrected chi connectivity index (χ4v) is 3.80. The number of aromatic nitrogens is 1. The van der Waals surface area contributed by atoms with Crippen LogP contribution in [0, 0.1) is 5.41 Å². The Morgan fingerprint density at radius 2 is 1.40 bits per heavy atom. The Bertz CT molecular complexity index is 1140. The molecule has 0 amide bonds. The molecule has 0 saturated carbocycles. The molecule has 1 unspecified atom stereocenters. The highest BCUT2D eigenvalue weighted by Crippen LogP contribution is 2.31. The van der Waals surface area contributed by atoms with E-state index in [2.05, 4.69) is 77.4 Å². The Morgan fingerprint density at radius 1 is 0.867 bits per heavy atom. The number of nitrogens with zero attached hydrogens (tertiary/aromatic N) is 1. The van der Waals surface area contributed by atoms with Crippen LogP contribution in [0.4, 0.5) is 0 Å². The van der Waals surface area contributed by atoms with Crippen molar-refractivity contribution < 1.29 is 10.2 Å². The van der Waals surface area contributed by atoms with Crippen LogP contribution in [0.3, 0.4) is 0 Å². The molecule has 0 saturated heterocycles. The van der Waals surface area contributed by atoms with E-state index < -0.39 is 6.10 Å². The Kier molecular flexibility index (Phi) is 5.40. The van der Waals surface area contributed by atoms with Gasteiger partial charge < -0.3 is 14.8 Å². The molecule has 3 nitrogen and oxygen atoms in total. The monoisotopic (exact) mass is 399 g/mol. The van der Waals surface area contributed by atoms with Crippen LogP contribution in [0.5, 0.6) is 0 Å². The minimum atomic E-state index is -0.657. The van der Waals surface area contributed by atoms with Gasteiger partial charge in [-0.25, -0.2) is 0 Å². The second-order valence-electron chi connectivity index (χ2n) is 9.01. The largest absolute Gasteiger partial charge is 0.513 e. The molecule has 3 heteroatoms. The molecule has 2 N–H and O–H groups in total. The van der Waals surface area contributed by atoms with E-state index in [1.54, 1.807) is 6.08 Å². The number of hydrogen-bond acceptors (Lipinski definition) is 2. The van der Waals surface area contributed by atoms with Crippen LogP contribution in [0.2, 0.25) is 0 Å². The maximum atomic E-state index is 10.2. The fraction of sp³-hybridized carbons (Fsp3) is 0.259. The lowest BCUT2D eigenvalue weighted by atomic mass is 9.88. The summed E-state index contributed by atoms with van der Waals surface area (Å²) in [6.07, 6.45) is 2.15. The summed E-state index contributed by atoms with van der Waals surface area (Å²) in [6.45, 7) is 5.86. The van der Waals surface area contributed by atoms with E-state index in [1.165, 1.54) is 21.8 Å². The zero-order chi connectivity index (χ0) is 21.3. The van der Waals surface area contributed by atoms with Crippen molar-refractivity contribution in [3.8, 4) is 5.69 Å². The van der Waals surface area contributed by atoms with Crippen LogP contribution in [-0.4, -0.2) is 20.9 Å². The van der Waals surface area contributed by atoms with Crippen molar-refractivity contribution in [3.05, 3.63) is 90.2 Å². The quantitative estimate of drug-likeness (QED) is 0.373. The van der Waals surface area contributed by atoms with Gasteiger partial charge in [-0.15, -0.1) is 0 Å². The smallest absolute Gasteiger partial charge is 0.0912 e. The Hall–Kier alpha value is -3.04. The molecule has 0 aliphatic carbocycles. The third-order valence-corrected chi connectivity index (χ3v) is 5.68. The third-order valence-electron chi connectivity index (χ3n) is 5.68. The highest BCUT2D eigenvalue weighted by molar-refractivity contribution is 6.09. The van der Waals surface area contributed by atoms with Gasteiger partial charge in [-0.05, 0) is 47.7 Å². The Balaban J connectivity index is 1.58. The maximum absolute atomic E-state index is 10.2. The molecule has 0 spiro atoms. The summed E-state index contributed by atoms with van der Waals surface area (Å²) in [6, 6.07) is 25.5. The van der Waals surface area contributed by atoms with Gasteiger partial charge in [0.2, 0.25) is 0 Å². The average molecular weight is 400 g/mol. The van der Waals surface area contributed by atoms with E-state index in [1.807, 2.05) is 20.8 Å². The number of fused-ring (bicyclic) bond motifs is 3. The minimum Gasteiger partial charge on any atom is -0.513 e. The molecule has 3 aromatic carbocycles. The van der Waals surface area contributed by atoms with Crippen molar-refractivity contribution in [2.45, 2.75) is 39.7 Å². The number of allylic oxidation sites excluding steroid dienone is 1. The highest BCUT2D eigenvalue weighted by atomic mass is 16.3. The highest BCUT2D eigenvalue weighted by Gasteiger charge is 2.20. The molecule has 0 aliphatic rings. The van der Waals surface area contributed by atoms with Crippen molar-refractivity contribution in [1.82, 2.24) is 4.57 Å². The number of rotatable bonds is 5. The normalized spacial score (nSPS) is 13.8. The number of aryl methyl sites for hydroxylation is 1. The van der Waals surface area contributed by atoms with Crippen molar-refractivity contribution in [2.75, 3.05) is 0 Å². The third kappa shape index (κ3) is 3.99. The molecule has 4 rings (SSSR count). The minimum absolute atomic E-state index is 0.240. The molecule has 30 heavy (non-hydrogen) atoms. The first-order valence-corrected chi connectivity index (χ1v) is 10.5. The summed E-state index contributed by atoms with van der Waals surface area (Å²) in [5, 5.41) is 22.8. The van der Waals surface area contributed by atoms with Crippen LogP contribution in [-0.2, 0) is 6.42 Å². The lowest BCUT2D eigenvalue weighted by molar-refractivity contribution is 0.101. The fourth-order valence-electron chi connectivity index (χ4n) is 3.80. The lowest BCUT2D eigenvalue weighted by Gasteiger charge is -2.23. The number of benzene rings is 3. The van der Waals surface area contributed by atoms with Crippen molar-refractivity contribution in [1.29, 1.82) is 0 Å². The van der Waals surface area contributed by atoms with Gasteiger partial charge in [0.25, 0.3) is 0 Å². The molecule has 1 atom stereocenters. The van der Waals surface area contributed by atoms with Crippen molar-refractivity contribution in [2.24, 2.45) is 5.41 Å². The molecular formula is C27H29NO2. The molecule has 1 aromatic heterocycles. The maximum Gasteiger partial charge on any atom is 0.0912 e. The first-order valence-electron chi connectivity index (χ1n) is 10.5. The van der Waals surface area contributed by atoms with Crippen LogP contribution in [0.15, 0.2) is 84.6 Å². The number of para-hydroxylation sites is 2. The number of aliphatic hydroxyl groups is 2. The summed E-state index contributed by atoms with van der Waals surface area (Å²) >= 11 is 0. The van der Waals surface area contributed by atoms with E-state index in [9.17, 15) is 10.2 Å². The van der Waals surface area contributed by atoms with Crippen LogP contribution in [0.1, 0.15) is 32.8 Å². The van der Waals surface area contributed by atoms with E-state index in [4.69, 9.17) is 0 Å². The molecule has 0 fully saturated rings. The van der Waals surface area contributed by atoms with Gasteiger partial charge in [-0.3, -0.25) is 0 Å². The van der Waals surface area contributed by atoms with Gasteiger partial charge in [0, 0.05) is 22.9 Å². The van der Waals surface area contributed by atoms with E-state index in [0.29, 0.717) is 6.42 Å². The van der Waals surface area contributed by atoms with E-state index in [0.717, 1.165) is 17.7 Å². The van der Waals surface area contributed by atoms with E-state index in [-0.39, 0.29) is 11.2 Å². The molecule has 154 valence electrons. The summed E-state index contributed by atoms with van der Waals surface area (Å²) < 4.78 is 2.30. The standard InChI is InChI=1S/C27H29NO2/c1-27(2,3)26(30)18-21(29)17-14-19-12-15-20(16-13-19)28-24-10-6-4-8-22(24)23-9-5-7-11-25(23)28/h4-13,15-16,18,26,29-30H,14,17H2,1-3H3. The van der Waals surface area contributed by atoms with Gasteiger partial charge >= 0.3 is 0 Å². The second kappa shape index (κ2) is 8.00. The first kappa shape index (κ1) is 20.2. The number of hydrogen-bond donors (Lipinski definition) is 2. The molecule has 0 aliphatic heterocycles. The van der Waals surface area contributed by atoms with Gasteiger partial charge in [0.15, 0.2) is 0 Å². The van der Waals surface area contributed by atoms with Crippen molar-refractivity contribution >= 4 is 21.8 Å². The van der Waals surface area contributed by atoms with Crippen LogP contribution >= 0.6 is 0 Å². The summed E-state index contributed by atoms with van der Waals surface area (Å²) in [5.74, 6) is 0.240. The van der Waals surface area contributed by atoms with Crippen molar-refractivity contribution in [3.63, 3.8) is 0 Å². The molecule has 0 bridgehead atoms. The zero-order valence-corrected chi connectivity index (χ0v) is 17.8. The number of aliphatic hydroxyl groups excluding tert-OH is 2. The Labute approximate surface area is 177 Å². The predicted molar refractivity (Wildman–Crippen MR) is 125 cm³/mol. The van der Waals surface area contributed by atoms with E-state index >= 15 is 0 Å². The SMILES string of the molecule is CC(C)(C)C(O)C=C(O)CCc1ccc(-n2c3ccccc3c3ccccc32)cc1. The summed E-state index contributed by atoms with van der Waals surface area (Å²) in [5.41, 5.74) is 4.40. The van der Waals surface area contributed by atoms with Gasteiger partial charge in [0.05, 0.1) is 22.9 Å². The van der Waals surface area contributed by atoms with Crippen LogP contribution in [0.25, 0.3) is 27.5 Å². The molecule has 1 heterocycles. The topological polar surface area (TPSA) is 45.4 Å². The molecule has 4 aromatic rings. The van der Waals surface area contributed by atoms with Gasteiger partial charge in [0.1, 0.15) is 0 Å².